The molecule has 0 aliphatic heterocycles. The van der Waals surface area contributed by atoms with E-state index in [1.165, 1.54) is 5.56 Å². The molecule has 1 rings (SSSR count). The molecule has 2 N–H and O–H groups in total. The van der Waals surface area contributed by atoms with Gasteiger partial charge in [0.2, 0.25) is 0 Å². The van der Waals surface area contributed by atoms with E-state index in [0.29, 0.717) is 6.54 Å². The zero-order valence-electron chi connectivity index (χ0n) is 8.13. The molecule has 0 aromatic heterocycles. The summed E-state index contributed by atoms with van der Waals surface area (Å²) in [6.07, 6.45) is 1.67. The summed E-state index contributed by atoms with van der Waals surface area (Å²) in [6.45, 7) is 4.64. The Bertz CT molecular complexity index is 318. The van der Waals surface area contributed by atoms with Crippen LogP contribution in [0.4, 0.5) is 0 Å². The normalized spacial score (nSPS) is 10.1. The molecule has 0 spiro atoms. The fourth-order valence-electron chi connectivity index (χ4n) is 1.38. The molecule has 0 saturated heterocycles. The summed E-state index contributed by atoms with van der Waals surface area (Å²) in [6, 6.07) is 3.97. The SMILES string of the molecule is Cc1cc(C=O)c(CCN)cc1C. The standard InChI is InChI=1S/C11H15NO/c1-8-5-10(3-4-12)11(7-13)6-9(8)2/h5-7H,3-4,12H2,1-2H3. The van der Waals surface area contributed by atoms with Crippen LogP contribution in [0, 0.1) is 13.8 Å². The highest BCUT2D eigenvalue weighted by Gasteiger charge is 2.03. The Morgan fingerprint density at radius 1 is 1.31 bits per heavy atom. The van der Waals surface area contributed by atoms with Crippen molar-refractivity contribution in [2.75, 3.05) is 6.54 Å². The van der Waals surface area contributed by atoms with E-state index >= 15 is 0 Å². The lowest BCUT2D eigenvalue weighted by Crippen LogP contribution is -2.06. The van der Waals surface area contributed by atoms with Gasteiger partial charge in [-0.1, -0.05) is 6.07 Å². The van der Waals surface area contributed by atoms with Crippen LogP contribution in [0.2, 0.25) is 0 Å². The van der Waals surface area contributed by atoms with Gasteiger partial charge in [-0.25, -0.2) is 0 Å². The molecule has 1 aromatic carbocycles. The van der Waals surface area contributed by atoms with Gasteiger partial charge in [-0.15, -0.1) is 0 Å². The average Bonchev–Trinajstić information content (AvgIpc) is 2.11. The minimum absolute atomic E-state index is 0.587. The van der Waals surface area contributed by atoms with Crippen LogP contribution in [0.3, 0.4) is 0 Å². The van der Waals surface area contributed by atoms with Crippen LogP contribution < -0.4 is 5.73 Å². The first-order chi connectivity index (χ1) is 6.19. The van der Waals surface area contributed by atoms with E-state index in [0.717, 1.165) is 29.4 Å². The van der Waals surface area contributed by atoms with E-state index in [2.05, 4.69) is 0 Å². The highest BCUT2D eigenvalue weighted by molar-refractivity contribution is 5.78. The zero-order chi connectivity index (χ0) is 9.84. The Kier molecular flexibility index (Phi) is 3.20. The molecule has 0 atom stereocenters. The van der Waals surface area contributed by atoms with Crippen LogP contribution in [-0.2, 0) is 6.42 Å². The Balaban J connectivity index is 3.16. The predicted octanol–water partition coefficient (Wildman–Crippen LogP) is 1.62. The van der Waals surface area contributed by atoms with Gasteiger partial charge in [0, 0.05) is 5.56 Å². The first kappa shape index (κ1) is 9.93. The van der Waals surface area contributed by atoms with Gasteiger partial charge in [0.1, 0.15) is 6.29 Å². The number of hydrogen-bond donors (Lipinski definition) is 1. The largest absolute Gasteiger partial charge is 0.330 e. The zero-order valence-corrected chi connectivity index (χ0v) is 8.13. The van der Waals surface area contributed by atoms with Crippen molar-refractivity contribution in [2.45, 2.75) is 20.3 Å². The van der Waals surface area contributed by atoms with E-state index in [1.807, 2.05) is 26.0 Å². The second-order valence-corrected chi connectivity index (χ2v) is 3.29. The molecule has 2 heteroatoms. The summed E-state index contributed by atoms with van der Waals surface area (Å²) < 4.78 is 0. The second kappa shape index (κ2) is 4.19. The molecule has 2 nitrogen and oxygen atoms in total. The van der Waals surface area contributed by atoms with E-state index < -0.39 is 0 Å². The average molecular weight is 177 g/mol. The lowest BCUT2D eigenvalue weighted by atomic mass is 9.99. The number of rotatable bonds is 3. The number of aldehydes is 1. The molecule has 0 amide bonds. The molecular weight excluding hydrogens is 162 g/mol. The molecule has 13 heavy (non-hydrogen) atoms. The number of aryl methyl sites for hydroxylation is 2. The molecule has 0 bridgehead atoms. The molecule has 0 saturated carbocycles. The number of benzene rings is 1. The van der Waals surface area contributed by atoms with Crippen molar-refractivity contribution in [3.63, 3.8) is 0 Å². The summed E-state index contributed by atoms with van der Waals surface area (Å²) >= 11 is 0. The van der Waals surface area contributed by atoms with Crippen molar-refractivity contribution in [3.8, 4) is 0 Å². The fraction of sp³-hybridized carbons (Fsp3) is 0.364. The van der Waals surface area contributed by atoms with Crippen LogP contribution >= 0.6 is 0 Å². The minimum atomic E-state index is 0.587. The first-order valence-electron chi connectivity index (χ1n) is 4.44. The molecule has 0 fully saturated rings. The van der Waals surface area contributed by atoms with Crippen molar-refractivity contribution in [1.82, 2.24) is 0 Å². The number of carbonyl (C=O) groups is 1. The monoisotopic (exact) mass is 177 g/mol. The first-order valence-corrected chi connectivity index (χ1v) is 4.44. The molecule has 0 heterocycles. The van der Waals surface area contributed by atoms with Gasteiger partial charge in [-0.2, -0.15) is 0 Å². The Hall–Kier alpha value is -1.15. The quantitative estimate of drug-likeness (QED) is 0.713. The third-order valence-corrected chi connectivity index (χ3v) is 2.30. The molecule has 0 unspecified atom stereocenters. The van der Waals surface area contributed by atoms with E-state index in [-0.39, 0.29) is 0 Å². The van der Waals surface area contributed by atoms with Crippen molar-refractivity contribution >= 4 is 6.29 Å². The van der Waals surface area contributed by atoms with E-state index in [9.17, 15) is 4.79 Å². The maximum Gasteiger partial charge on any atom is 0.150 e. The lowest BCUT2D eigenvalue weighted by molar-refractivity contribution is 0.112. The highest BCUT2D eigenvalue weighted by atomic mass is 16.1. The van der Waals surface area contributed by atoms with Crippen molar-refractivity contribution in [3.05, 3.63) is 34.4 Å². The van der Waals surface area contributed by atoms with Gasteiger partial charge in [0.15, 0.2) is 0 Å². The number of hydrogen-bond acceptors (Lipinski definition) is 2. The van der Waals surface area contributed by atoms with Crippen molar-refractivity contribution < 1.29 is 4.79 Å². The summed E-state index contributed by atoms with van der Waals surface area (Å²) in [5, 5.41) is 0. The van der Waals surface area contributed by atoms with Gasteiger partial charge in [0.25, 0.3) is 0 Å². The highest BCUT2D eigenvalue weighted by Crippen LogP contribution is 2.14. The van der Waals surface area contributed by atoms with Gasteiger partial charge in [-0.3, -0.25) is 4.79 Å². The third-order valence-electron chi connectivity index (χ3n) is 2.30. The van der Waals surface area contributed by atoms with Gasteiger partial charge in [-0.05, 0) is 49.6 Å². The lowest BCUT2D eigenvalue weighted by Gasteiger charge is -2.07. The fourth-order valence-corrected chi connectivity index (χ4v) is 1.38. The van der Waals surface area contributed by atoms with E-state index in [4.69, 9.17) is 5.73 Å². The van der Waals surface area contributed by atoms with Crippen LogP contribution in [0.25, 0.3) is 0 Å². The predicted molar refractivity (Wildman–Crippen MR) is 54.1 cm³/mol. The third kappa shape index (κ3) is 2.16. The van der Waals surface area contributed by atoms with Crippen LogP contribution in [0.1, 0.15) is 27.0 Å². The summed E-state index contributed by atoms with van der Waals surface area (Å²) in [7, 11) is 0. The minimum Gasteiger partial charge on any atom is -0.330 e. The molecule has 0 radical (unpaired) electrons. The Labute approximate surface area is 78.8 Å². The van der Waals surface area contributed by atoms with Gasteiger partial charge >= 0.3 is 0 Å². The molecule has 0 aliphatic carbocycles. The maximum atomic E-state index is 10.7. The summed E-state index contributed by atoms with van der Waals surface area (Å²) in [5.74, 6) is 0. The maximum absolute atomic E-state index is 10.7. The van der Waals surface area contributed by atoms with Crippen LogP contribution in [0.15, 0.2) is 12.1 Å². The molecular formula is C11H15NO. The number of nitrogens with two attached hydrogens (primary N) is 1. The summed E-state index contributed by atoms with van der Waals surface area (Å²) in [5.41, 5.74) is 9.66. The molecule has 70 valence electrons. The van der Waals surface area contributed by atoms with Crippen LogP contribution in [0.5, 0.6) is 0 Å². The van der Waals surface area contributed by atoms with E-state index in [1.54, 1.807) is 0 Å². The molecule has 1 aromatic rings. The van der Waals surface area contributed by atoms with Gasteiger partial charge < -0.3 is 5.73 Å². The van der Waals surface area contributed by atoms with Gasteiger partial charge in [0.05, 0.1) is 0 Å². The topological polar surface area (TPSA) is 43.1 Å². The summed E-state index contributed by atoms with van der Waals surface area (Å²) in [4.78, 5) is 10.7. The Morgan fingerprint density at radius 3 is 2.46 bits per heavy atom. The second-order valence-electron chi connectivity index (χ2n) is 3.29. The smallest absolute Gasteiger partial charge is 0.150 e. The molecule has 0 aliphatic rings. The van der Waals surface area contributed by atoms with Crippen molar-refractivity contribution in [2.24, 2.45) is 5.73 Å². The van der Waals surface area contributed by atoms with Crippen molar-refractivity contribution in [1.29, 1.82) is 0 Å². The number of carbonyl (C=O) groups excluding carboxylic acids is 1. The Morgan fingerprint density at radius 2 is 1.92 bits per heavy atom. The van der Waals surface area contributed by atoms with Crippen LogP contribution in [-0.4, -0.2) is 12.8 Å².